The molecule has 1 aromatic carbocycles. The van der Waals surface area contributed by atoms with Gasteiger partial charge in [-0.25, -0.2) is 0 Å². The fourth-order valence-corrected chi connectivity index (χ4v) is 4.99. The predicted molar refractivity (Wildman–Crippen MR) is 124 cm³/mol. The fourth-order valence-electron chi connectivity index (χ4n) is 4.99. The van der Waals surface area contributed by atoms with Crippen molar-refractivity contribution in [3.8, 4) is 5.75 Å². The van der Waals surface area contributed by atoms with Crippen molar-refractivity contribution in [2.24, 2.45) is 18.9 Å². The number of benzene rings is 1. The van der Waals surface area contributed by atoms with E-state index in [1.54, 1.807) is 18.0 Å². The molecule has 2 heterocycles. The summed E-state index contributed by atoms with van der Waals surface area (Å²) in [6, 6.07) is 7.29. The van der Waals surface area contributed by atoms with Gasteiger partial charge < -0.3 is 15.0 Å². The molecule has 0 radical (unpaired) electrons. The zero-order valence-electron chi connectivity index (χ0n) is 19.2. The lowest BCUT2D eigenvalue weighted by molar-refractivity contribution is -0.138. The number of amides is 2. The van der Waals surface area contributed by atoms with Gasteiger partial charge in [0.15, 0.2) is 0 Å². The lowest BCUT2D eigenvalue weighted by atomic mass is 9.86. The number of anilines is 1. The lowest BCUT2D eigenvalue weighted by Crippen LogP contribution is -2.42. The second-order valence-electron chi connectivity index (χ2n) is 9.15. The minimum absolute atomic E-state index is 0.150. The van der Waals surface area contributed by atoms with Crippen LogP contribution in [-0.2, 0) is 18.3 Å². The summed E-state index contributed by atoms with van der Waals surface area (Å²) < 4.78 is 6.88. The van der Waals surface area contributed by atoms with Crippen molar-refractivity contribution in [1.29, 1.82) is 0 Å². The highest BCUT2D eigenvalue weighted by atomic mass is 16.5. The molecule has 2 fully saturated rings. The van der Waals surface area contributed by atoms with Crippen molar-refractivity contribution in [2.45, 2.75) is 51.4 Å². The Balaban J connectivity index is 1.34. The highest BCUT2D eigenvalue weighted by Crippen LogP contribution is 2.29. The molecule has 0 unspecified atom stereocenters. The molecule has 0 spiro atoms. The third kappa shape index (κ3) is 5.31. The molecule has 7 heteroatoms. The van der Waals surface area contributed by atoms with Gasteiger partial charge in [-0.2, -0.15) is 5.10 Å². The number of likely N-dealkylation sites (tertiary alicyclic amines) is 1. The van der Waals surface area contributed by atoms with Crippen LogP contribution in [0.5, 0.6) is 5.75 Å². The van der Waals surface area contributed by atoms with Crippen LogP contribution in [0.15, 0.2) is 30.5 Å². The Bertz CT molecular complexity index is 923. The number of piperidine rings is 1. The molecule has 32 heavy (non-hydrogen) atoms. The van der Waals surface area contributed by atoms with E-state index in [4.69, 9.17) is 4.74 Å². The zero-order chi connectivity index (χ0) is 22.5. The molecule has 2 aromatic rings. The summed E-state index contributed by atoms with van der Waals surface area (Å²) in [7, 11) is 3.46. The number of carbonyl (C=O) groups excluding carboxylic acids is 2. The maximum atomic E-state index is 12.9. The number of carbonyl (C=O) groups is 2. The average molecular weight is 439 g/mol. The van der Waals surface area contributed by atoms with Crippen LogP contribution in [0.2, 0.25) is 0 Å². The Labute approximate surface area is 190 Å². The maximum Gasteiger partial charge on any atom is 0.259 e. The van der Waals surface area contributed by atoms with Crippen LogP contribution in [0, 0.1) is 11.8 Å². The fraction of sp³-hybridized carbons (Fsp3) is 0.560. The molecule has 1 saturated heterocycles. The number of nitrogens with zero attached hydrogens (tertiary/aromatic N) is 3. The van der Waals surface area contributed by atoms with Crippen LogP contribution in [0.25, 0.3) is 0 Å². The standard InChI is InChI=1S/C25H34N4O3/c1-28-17-22(24(30)26-20-8-10-21(32-2)11-9-20)23(27-28)16-18-12-14-29(15-13-18)25(31)19-6-4-3-5-7-19/h8-11,17-19H,3-7,12-16H2,1-2H3,(H,26,30). The van der Waals surface area contributed by atoms with E-state index in [0.29, 0.717) is 17.4 Å². The average Bonchev–Trinajstić information content (AvgIpc) is 3.20. The second kappa shape index (κ2) is 10.2. The van der Waals surface area contributed by atoms with Crippen LogP contribution < -0.4 is 10.1 Å². The van der Waals surface area contributed by atoms with E-state index >= 15 is 0 Å². The van der Waals surface area contributed by atoms with Gasteiger partial charge in [-0.1, -0.05) is 19.3 Å². The third-order valence-electron chi connectivity index (χ3n) is 6.86. The molecular formula is C25H34N4O3. The molecule has 0 atom stereocenters. The monoisotopic (exact) mass is 438 g/mol. The molecule has 1 aliphatic carbocycles. The highest BCUT2D eigenvalue weighted by molar-refractivity contribution is 6.05. The molecule has 0 bridgehead atoms. The summed E-state index contributed by atoms with van der Waals surface area (Å²) in [6.45, 7) is 1.64. The number of ether oxygens (including phenoxy) is 1. The first-order chi connectivity index (χ1) is 15.5. The molecule has 1 saturated carbocycles. The summed E-state index contributed by atoms with van der Waals surface area (Å²) in [5.41, 5.74) is 2.17. The van der Waals surface area contributed by atoms with Gasteiger partial charge in [-0.05, 0) is 62.3 Å². The van der Waals surface area contributed by atoms with Crippen LogP contribution in [-0.4, -0.2) is 46.7 Å². The molecule has 1 N–H and O–H groups in total. The molecular weight excluding hydrogens is 404 g/mol. The Morgan fingerprint density at radius 3 is 2.41 bits per heavy atom. The normalized spacial score (nSPS) is 17.9. The number of rotatable bonds is 6. The number of methoxy groups -OCH3 is 1. The van der Waals surface area contributed by atoms with Crippen molar-refractivity contribution in [1.82, 2.24) is 14.7 Å². The smallest absolute Gasteiger partial charge is 0.259 e. The van der Waals surface area contributed by atoms with E-state index in [0.717, 1.165) is 62.3 Å². The van der Waals surface area contributed by atoms with E-state index in [1.165, 1.54) is 19.3 Å². The van der Waals surface area contributed by atoms with E-state index < -0.39 is 0 Å². The van der Waals surface area contributed by atoms with Gasteiger partial charge in [0.2, 0.25) is 5.91 Å². The molecule has 2 aliphatic rings. The van der Waals surface area contributed by atoms with Crippen LogP contribution in [0.4, 0.5) is 5.69 Å². The van der Waals surface area contributed by atoms with Crippen LogP contribution >= 0.6 is 0 Å². The Kier molecular flexibility index (Phi) is 7.12. The Morgan fingerprint density at radius 2 is 1.75 bits per heavy atom. The maximum absolute atomic E-state index is 12.9. The first kappa shape index (κ1) is 22.4. The first-order valence-electron chi connectivity index (χ1n) is 11.8. The van der Waals surface area contributed by atoms with Crippen LogP contribution in [0.3, 0.4) is 0 Å². The number of aromatic nitrogens is 2. The minimum atomic E-state index is -0.150. The van der Waals surface area contributed by atoms with Gasteiger partial charge in [0.1, 0.15) is 5.75 Å². The van der Waals surface area contributed by atoms with Crippen LogP contribution in [0.1, 0.15) is 61.0 Å². The van der Waals surface area contributed by atoms with E-state index in [1.807, 2.05) is 31.3 Å². The molecule has 1 aromatic heterocycles. The Morgan fingerprint density at radius 1 is 1.06 bits per heavy atom. The van der Waals surface area contributed by atoms with Gasteiger partial charge in [0.25, 0.3) is 5.91 Å². The number of aryl methyl sites for hydroxylation is 1. The van der Waals surface area contributed by atoms with E-state index in [9.17, 15) is 9.59 Å². The molecule has 2 amide bonds. The lowest BCUT2D eigenvalue weighted by Gasteiger charge is -2.35. The minimum Gasteiger partial charge on any atom is -0.497 e. The zero-order valence-corrected chi connectivity index (χ0v) is 19.2. The molecule has 1 aliphatic heterocycles. The van der Waals surface area contributed by atoms with Crippen molar-refractivity contribution >= 4 is 17.5 Å². The SMILES string of the molecule is COc1ccc(NC(=O)c2cn(C)nc2CC2CCN(C(=O)C3CCCCC3)CC2)cc1. The summed E-state index contributed by atoms with van der Waals surface area (Å²) >= 11 is 0. The van der Waals surface area contributed by atoms with Crippen molar-refractivity contribution in [3.05, 3.63) is 41.7 Å². The molecule has 7 nitrogen and oxygen atoms in total. The molecule has 172 valence electrons. The molecule has 4 rings (SSSR count). The first-order valence-corrected chi connectivity index (χ1v) is 11.8. The van der Waals surface area contributed by atoms with E-state index in [2.05, 4.69) is 15.3 Å². The van der Waals surface area contributed by atoms with Crippen molar-refractivity contribution in [2.75, 3.05) is 25.5 Å². The quantitative estimate of drug-likeness (QED) is 0.738. The second-order valence-corrected chi connectivity index (χ2v) is 9.15. The highest BCUT2D eigenvalue weighted by Gasteiger charge is 2.30. The van der Waals surface area contributed by atoms with Gasteiger partial charge in [0.05, 0.1) is 18.4 Å². The predicted octanol–water partition coefficient (Wildman–Crippen LogP) is 4.04. The van der Waals surface area contributed by atoms with E-state index in [-0.39, 0.29) is 11.8 Å². The largest absolute Gasteiger partial charge is 0.497 e. The number of nitrogens with one attached hydrogen (secondary N) is 1. The summed E-state index contributed by atoms with van der Waals surface area (Å²) in [5.74, 6) is 1.64. The third-order valence-corrected chi connectivity index (χ3v) is 6.86. The number of hydrogen-bond acceptors (Lipinski definition) is 4. The van der Waals surface area contributed by atoms with Crippen molar-refractivity contribution < 1.29 is 14.3 Å². The number of hydrogen-bond donors (Lipinski definition) is 1. The Hall–Kier alpha value is -2.83. The van der Waals surface area contributed by atoms with Gasteiger partial charge in [-0.3, -0.25) is 14.3 Å². The summed E-state index contributed by atoms with van der Waals surface area (Å²) in [5, 5.41) is 7.54. The van der Waals surface area contributed by atoms with Gasteiger partial charge >= 0.3 is 0 Å². The topological polar surface area (TPSA) is 76.5 Å². The summed E-state index contributed by atoms with van der Waals surface area (Å²) in [6.07, 6.45) is 10.2. The van der Waals surface area contributed by atoms with Gasteiger partial charge in [0, 0.05) is 37.9 Å². The summed E-state index contributed by atoms with van der Waals surface area (Å²) in [4.78, 5) is 27.8. The van der Waals surface area contributed by atoms with Crippen molar-refractivity contribution in [3.63, 3.8) is 0 Å². The van der Waals surface area contributed by atoms with Gasteiger partial charge in [-0.15, -0.1) is 0 Å².